The van der Waals surface area contributed by atoms with Crippen molar-refractivity contribution in [1.29, 1.82) is 0 Å². The molecule has 3 aromatic rings. The predicted molar refractivity (Wildman–Crippen MR) is 208 cm³/mol. The van der Waals surface area contributed by atoms with Crippen LogP contribution in [-0.4, -0.2) is 136 Å². The second-order valence-corrected chi connectivity index (χ2v) is 13.8. The Balaban J connectivity index is 1.70. The van der Waals surface area contributed by atoms with Gasteiger partial charge in [-0.2, -0.15) is 0 Å². The summed E-state index contributed by atoms with van der Waals surface area (Å²) in [6.07, 6.45) is -14.5. The normalized spacial score (nSPS) is 25.7. The van der Waals surface area contributed by atoms with Gasteiger partial charge in [0, 0.05) is 34.8 Å². The van der Waals surface area contributed by atoms with Crippen molar-refractivity contribution in [2.45, 2.75) is 89.0 Å². The molecular weight excluding hydrogens is 818 g/mol. The van der Waals surface area contributed by atoms with Crippen LogP contribution in [0, 0.1) is 0 Å². The van der Waals surface area contributed by atoms with E-state index in [0.717, 1.165) is 39.9 Å². The van der Waals surface area contributed by atoms with Crippen molar-refractivity contribution >= 4 is 41.8 Å². The third-order valence-electron chi connectivity index (χ3n) is 9.47. The lowest BCUT2D eigenvalue weighted by molar-refractivity contribution is -0.376. The van der Waals surface area contributed by atoms with E-state index in [0.29, 0.717) is 0 Å². The number of hydrogen-bond donors (Lipinski definition) is 0. The highest BCUT2D eigenvalue weighted by Crippen LogP contribution is 2.38. The second kappa shape index (κ2) is 22.0. The summed E-state index contributed by atoms with van der Waals surface area (Å²) >= 11 is 0. The van der Waals surface area contributed by atoms with Gasteiger partial charge < -0.3 is 47.4 Å². The summed E-state index contributed by atoms with van der Waals surface area (Å²) in [6, 6.07) is 22.1. The average Bonchev–Trinajstić information content (AvgIpc) is 3.25. The minimum absolute atomic E-state index is 0.0724. The molecule has 2 aliphatic heterocycles. The van der Waals surface area contributed by atoms with Crippen molar-refractivity contribution in [3.63, 3.8) is 0 Å². The van der Waals surface area contributed by atoms with Gasteiger partial charge in [0.2, 0.25) is 0 Å². The molecule has 62 heavy (non-hydrogen) atoms. The zero-order valence-corrected chi connectivity index (χ0v) is 34.6. The predicted octanol–water partition coefficient (Wildman–Crippen LogP) is 2.98. The fourth-order valence-corrected chi connectivity index (χ4v) is 6.94. The van der Waals surface area contributed by atoms with Gasteiger partial charge in [-0.3, -0.25) is 24.0 Å². The molecule has 10 atom stereocenters. The Hall–Kier alpha value is -6.25. The largest absolute Gasteiger partial charge is 0.463 e. The van der Waals surface area contributed by atoms with E-state index in [1.54, 1.807) is 54.6 Å². The number of rotatable bonds is 16. The molecule has 0 amide bonds. The molecule has 2 aliphatic rings. The molecule has 2 saturated heterocycles. The van der Waals surface area contributed by atoms with Gasteiger partial charge in [0.1, 0.15) is 31.5 Å². The van der Waals surface area contributed by atoms with Gasteiger partial charge in [-0.05, 0) is 36.4 Å². The monoisotopic (exact) mass is 865 g/mol. The first-order valence-electron chi connectivity index (χ1n) is 19.3. The van der Waals surface area contributed by atoms with Gasteiger partial charge in [0.25, 0.3) is 0 Å². The summed E-state index contributed by atoms with van der Waals surface area (Å²) in [5.41, 5.74) is 0.352. The average molecular weight is 866 g/mol. The van der Waals surface area contributed by atoms with Crippen molar-refractivity contribution in [2.24, 2.45) is 0 Å². The maximum atomic E-state index is 14.1. The smallest absolute Gasteiger partial charge is 0.338 e. The zero-order chi connectivity index (χ0) is 44.9. The highest BCUT2D eigenvalue weighted by Gasteiger charge is 2.60. The molecule has 19 nitrogen and oxygen atoms in total. The summed E-state index contributed by atoms with van der Waals surface area (Å²) < 4.78 is 58.7. The van der Waals surface area contributed by atoms with Gasteiger partial charge in [-0.15, -0.1) is 5.06 Å². The summed E-state index contributed by atoms with van der Waals surface area (Å²) in [4.78, 5) is 97.4. The number of hydroxylamine groups is 2. The Labute approximate surface area is 356 Å². The maximum absolute atomic E-state index is 14.1. The molecule has 2 heterocycles. The standard InChI is InChI=1S/C43H47NO18/c1-24(45)54-23-32-34(56-25(2)46)36(57-26(3)47)37(58-27(4)48)39(59-32)44(53-6)33-31(22-55-40(49)28-16-10-7-11-17-28)60-43(52-5)38(62-42(51)30-20-14-9-15-21-30)35(33)61-41(50)29-18-12-8-13-19-29/h7-21,31-39,43H,22-23H2,1-6H3/t31-,32-,33+,34+,35+,36+,37-,38-,39-,43+/m1/s1. The molecule has 0 aromatic heterocycles. The summed E-state index contributed by atoms with van der Waals surface area (Å²) in [7, 11) is 2.40. The number of carbonyl (C=O) groups excluding carboxylic acids is 7. The molecule has 0 radical (unpaired) electrons. The van der Waals surface area contributed by atoms with Gasteiger partial charge in [0.15, 0.2) is 43.0 Å². The van der Waals surface area contributed by atoms with Crippen molar-refractivity contribution in [3.05, 3.63) is 108 Å². The van der Waals surface area contributed by atoms with Crippen molar-refractivity contribution in [3.8, 4) is 0 Å². The van der Waals surface area contributed by atoms with E-state index in [-0.39, 0.29) is 16.7 Å². The zero-order valence-electron chi connectivity index (χ0n) is 34.6. The van der Waals surface area contributed by atoms with E-state index in [1.807, 2.05) is 0 Å². The molecule has 3 aromatic carbocycles. The lowest BCUT2D eigenvalue weighted by atomic mass is 9.92. The highest BCUT2D eigenvalue weighted by molar-refractivity contribution is 5.91. The van der Waals surface area contributed by atoms with Crippen molar-refractivity contribution < 1.29 is 85.8 Å². The van der Waals surface area contributed by atoms with E-state index < -0.39 is 116 Å². The first kappa shape index (κ1) is 46.8. The summed E-state index contributed by atoms with van der Waals surface area (Å²) in [5.74, 6) is -6.04. The van der Waals surface area contributed by atoms with Crippen molar-refractivity contribution in [1.82, 2.24) is 5.06 Å². The third kappa shape index (κ3) is 12.0. The Morgan fingerprint density at radius 2 is 0.935 bits per heavy atom. The number of nitrogens with zero attached hydrogens (tertiary/aromatic N) is 1. The summed E-state index contributed by atoms with van der Waals surface area (Å²) in [5, 5.41) is 1.01. The van der Waals surface area contributed by atoms with Crippen LogP contribution in [0.5, 0.6) is 0 Å². The molecule has 332 valence electrons. The van der Waals surface area contributed by atoms with E-state index in [4.69, 9.17) is 52.2 Å². The second-order valence-electron chi connectivity index (χ2n) is 13.8. The Kier molecular flexibility index (Phi) is 16.6. The van der Waals surface area contributed by atoms with E-state index in [1.165, 1.54) is 43.5 Å². The maximum Gasteiger partial charge on any atom is 0.338 e. The van der Waals surface area contributed by atoms with Crippen LogP contribution in [0.4, 0.5) is 0 Å². The van der Waals surface area contributed by atoms with E-state index >= 15 is 0 Å². The van der Waals surface area contributed by atoms with E-state index in [2.05, 4.69) is 0 Å². The molecule has 5 rings (SSSR count). The van der Waals surface area contributed by atoms with Crippen LogP contribution in [0.3, 0.4) is 0 Å². The highest BCUT2D eigenvalue weighted by atomic mass is 16.8. The molecular formula is C43H47NO18. The number of methoxy groups -OCH3 is 1. The lowest BCUT2D eigenvalue weighted by Crippen LogP contribution is -2.72. The van der Waals surface area contributed by atoms with E-state index in [9.17, 15) is 33.6 Å². The number of benzene rings is 3. The minimum Gasteiger partial charge on any atom is -0.463 e. The van der Waals surface area contributed by atoms with Crippen LogP contribution >= 0.6 is 0 Å². The van der Waals surface area contributed by atoms with Crippen molar-refractivity contribution in [2.75, 3.05) is 27.4 Å². The Morgan fingerprint density at radius 1 is 0.484 bits per heavy atom. The van der Waals surface area contributed by atoms with Crippen LogP contribution in [0.2, 0.25) is 0 Å². The topological polar surface area (TPSA) is 224 Å². The molecule has 0 N–H and O–H groups in total. The first-order chi connectivity index (χ1) is 29.7. The van der Waals surface area contributed by atoms with Crippen LogP contribution in [-0.2, 0) is 71.4 Å². The quantitative estimate of drug-likeness (QED) is 0.115. The Bertz CT molecular complexity index is 2020. The van der Waals surface area contributed by atoms with Crippen LogP contribution in [0.25, 0.3) is 0 Å². The summed E-state index contributed by atoms with van der Waals surface area (Å²) in [6.45, 7) is 3.08. The molecule has 0 spiro atoms. The van der Waals surface area contributed by atoms with Gasteiger partial charge in [-0.1, -0.05) is 54.6 Å². The van der Waals surface area contributed by atoms with Gasteiger partial charge >= 0.3 is 41.8 Å². The lowest BCUT2D eigenvalue weighted by Gasteiger charge is -2.52. The molecule has 0 unspecified atom stereocenters. The SMILES string of the molecule is CO[C@H]1O[C@H](COC(=O)c2ccccc2)[C@H](N(OC)[C@@H]2O[C@H](COC(C)=O)[C@H](OC(C)=O)[C@H](OC(C)=O)[C@H]2OC(C)=O)[C@H](OC(=O)c2ccccc2)[C@H]1OC(=O)c1ccccc1. The van der Waals surface area contributed by atoms with Crippen LogP contribution in [0.1, 0.15) is 58.8 Å². The first-order valence-corrected chi connectivity index (χ1v) is 19.3. The number of hydrogen-bond acceptors (Lipinski definition) is 19. The van der Waals surface area contributed by atoms with Crippen LogP contribution in [0.15, 0.2) is 91.0 Å². The third-order valence-corrected chi connectivity index (χ3v) is 9.47. The van der Waals surface area contributed by atoms with Crippen LogP contribution < -0.4 is 0 Å². The fraction of sp³-hybridized carbons (Fsp3) is 0.419. The Morgan fingerprint density at radius 3 is 1.40 bits per heavy atom. The molecule has 0 aliphatic carbocycles. The molecule has 0 bridgehead atoms. The molecule has 2 fully saturated rings. The minimum atomic E-state index is -1.76. The molecule has 0 saturated carbocycles. The molecule has 19 heteroatoms. The number of esters is 7. The van der Waals surface area contributed by atoms with Gasteiger partial charge in [0.05, 0.1) is 23.8 Å². The number of carbonyl (C=O) groups is 7. The fourth-order valence-electron chi connectivity index (χ4n) is 6.94. The van der Waals surface area contributed by atoms with Gasteiger partial charge in [-0.25, -0.2) is 14.4 Å². The number of ether oxygens (including phenoxy) is 10.